The molecule has 5 aromatic carbocycles. The fourth-order valence-corrected chi connectivity index (χ4v) is 5.49. The minimum absolute atomic E-state index is 0.0888. The average molecular weight is 679 g/mol. The van der Waals surface area contributed by atoms with E-state index in [0.29, 0.717) is 35.8 Å². The second-order valence-electron chi connectivity index (χ2n) is 12.1. The van der Waals surface area contributed by atoms with Gasteiger partial charge in [0.15, 0.2) is 12.2 Å². The van der Waals surface area contributed by atoms with E-state index < -0.39 is 12.2 Å². The maximum Gasteiger partial charge on any atom is 0.306 e. The predicted molar refractivity (Wildman–Crippen MR) is 195 cm³/mol. The van der Waals surface area contributed by atoms with Crippen LogP contribution in [0.3, 0.4) is 0 Å². The van der Waals surface area contributed by atoms with Crippen molar-refractivity contribution in [3.63, 3.8) is 0 Å². The summed E-state index contributed by atoms with van der Waals surface area (Å²) in [6.07, 6.45) is 2.68. The van der Waals surface area contributed by atoms with Gasteiger partial charge in [-0.3, -0.25) is 9.59 Å². The van der Waals surface area contributed by atoms with Gasteiger partial charge in [0.1, 0.15) is 49.4 Å². The molecule has 0 aromatic heterocycles. The number of rotatable bonds is 20. The van der Waals surface area contributed by atoms with Crippen LogP contribution in [-0.2, 0) is 19.1 Å². The number of hydrogen-bond acceptors (Lipinski definition) is 8. The Morgan fingerprint density at radius 3 is 1.12 bits per heavy atom. The highest BCUT2D eigenvalue weighted by atomic mass is 16.6. The first-order valence-electron chi connectivity index (χ1n) is 17.5. The van der Waals surface area contributed by atoms with Gasteiger partial charge in [-0.05, 0) is 37.1 Å². The Morgan fingerprint density at radius 2 is 0.780 bits per heavy atom. The first kappa shape index (κ1) is 36.1. The molecule has 0 amide bonds. The van der Waals surface area contributed by atoms with Gasteiger partial charge in [-0.2, -0.15) is 0 Å². The number of carbonyl (C=O) groups excluding carboxylic acids is 2. The van der Waals surface area contributed by atoms with Crippen LogP contribution < -0.4 is 18.9 Å². The van der Waals surface area contributed by atoms with Crippen molar-refractivity contribution in [2.75, 3.05) is 26.4 Å². The zero-order valence-corrected chi connectivity index (χ0v) is 28.9. The van der Waals surface area contributed by atoms with E-state index in [1.54, 1.807) is 0 Å². The minimum Gasteiger partial charge on any atom is -0.490 e. The molecule has 2 atom stereocenters. The van der Waals surface area contributed by atoms with Crippen LogP contribution in [0.2, 0.25) is 0 Å². The average Bonchev–Trinajstić information content (AvgIpc) is 3.16. The van der Waals surface area contributed by atoms with Crippen LogP contribution >= 0.6 is 0 Å². The van der Waals surface area contributed by atoms with E-state index in [1.807, 2.05) is 123 Å². The quantitative estimate of drug-likeness (QED) is 0.0595. The summed E-state index contributed by atoms with van der Waals surface area (Å²) < 4.78 is 36.8. The third kappa shape index (κ3) is 10.4. The summed E-state index contributed by atoms with van der Waals surface area (Å²) in [5.41, 5.74) is 0. The zero-order valence-electron chi connectivity index (χ0n) is 28.9. The molecular weight excluding hydrogens is 632 g/mol. The first-order chi connectivity index (χ1) is 24.6. The molecule has 0 aliphatic heterocycles. The highest BCUT2D eigenvalue weighted by Crippen LogP contribution is 2.43. The molecule has 0 heterocycles. The van der Waals surface area contributed by atoms with Crippen LogP contribution in [-0.4, -0.2) is 50.6 Å². The highest BCUT2D eigenvalue weighted by Gasteiger charge is 2.22. The van der Waals surface area contributed by atoms with Gasteiger partial charge in [0, 0.05) is 34.4 Å². The van der Waals surface area contributed by atoms with Gasteiger partial charge in [-0.1, -0.05) is 112 Å². The molecule has 8 heteroatoms. The van der Waals surface area contributed by atoms with Gasteiger partial charge in [-0.15, -0.1) is 0 Å². The summed E-state index contributed by atoms with van der Waals surface area (Å²) in [5.74, 6) is 2.10. The van der Waals surface area contributed by atoms with Gasteiger partial charge in [-0.25, -0.2) is 0 Å². The predicted octanol–water partition coefficient (Wildman–Crippen LogP) is 9.11. The van der Waals surface area contributed by atoms with Crippen LogP contribution in [0.25, 0.3) is 21.5 Å². The summed E-state index contributed by atoms with van der Waals surface area (Å²) in [4.78, 5) is 25.4. The van der Waals surface area contributed by atoms with Gasteiger partial charge in [0.2, 0.25) is 0 Å². The molecular formula is C42H46O8. The SMILES string of the molecule is CCCCC(=O)OC(COc1ccccc1)COc1c2ccccc2c(OCC(COc2ccccc2)OC(=O)CCCC)c2ccccc12. The second-order valence-corrected chi connectivity index (χ2v) is 12.1. The number of fused-ring (bicyclic) bond motifs is 2. The van der Waals surface area contributed by atoms with Crippen LogP contribution in [0.1, 0.15) is 52.4 Å². The van der Waals surface area contributed by atoms with Crippen molar-refractivity contribution in [1.29, 1.82) is 0 Å². The molecule has 0 saturated heterocycles. The molecule has 0 spiro atoms. The summed E-state index contributed by atoms with van der Waals surface area (Å²) in [6, 6.07) is 34.6. The summed E-state index contributed by atoms with van der Waals surface area (Å²) in [5, 5.41) is 3.33. The third-order valence-corrected chi connectivity index (χ3v) is 8.08. The van der Waals surface area contributed by atoms with E-state index in [1.165, 1.54) is 0 Å². The molecule has 5 aromatic rings. The maximum atomic E-state index is 12.7. The van der Waals surface area contributed by atoms with Gasteiger partial charge in [0.25, 0.3) is 0 Å². The van der Waals surface area contributed by atoms with Crippen molar-refractivity contribution in [3.05, 3.63) is 109 Å². The molecule has 0 bridgehead atoms. The molecule has 0 saturated carbocycles. The van der Waals surface area contributed by atoms with Gasteiger partial charge < -0.3 is 28.4 Å². The fraction of sp³-hybridized carbons (Fsp3) is 0.333. The van der Waals surface area contributed by atoms with Crippen LogP contribution in [0.5, 0.6) is 23.0 Å². The van der Waals surface area contributed by atoms with E-state index in [4.69, 9.17) is 28.4 Å². The number of hydrogen-bond donors (Lipinski definition) is 0. The van der Waals surface area contributed by atoms with Crippen LogP contribution in [0, 0.1) is 0 Å². The molecule has 0 aliphatic rings. The van der Waals surface area contributed by atoms with Crippen molar-refractivity contribution in [2.24, 2.45) is 0 Å². The molecule has 2 unspecified atom stereocenters. The normalized spacial score (nSPS) is 12.2. The third-order valence-electron chi connectivity index (χ3n) is 8.08. The van der Waals surface area contributed by atoms with Crippen molar-refractivity contribution in [2.45, 2.75) is 64.6 Å². The fourth-order valence-electron chi connectivity index (χ4n) is 5.49. The highest BCUT2D eigenvalue weighted by molar-refractivity contribution is 6.11. The monoisotopic (exact) mass is 678 g/mol. The van der Waals surface area contributed by atoms with E-state index in [9.17, 15) is 9.59 Å². The Kier molecular flexibility index (Phi) is 13.8. The Bertz CT molecular complexity index is 1600. The molecule has 0 radical (unpaired) electrons. The molecule has 0 fully saturated rings. The molecule has 262 valence electrons. The van der Waals surface area contributed by atoms with Gasteiger partial charge >= 0.3 is 11.9 Å². The second kappa shape index (κ2) is 19.1. The van der Waals surface area contributed by atoms with Crippen molar-refractivity contribution in [1.82, 2.24) is 0 Å². The summed E-state index contributed by atoms with van der Waals surface area (Å²) in [6.45, 7) is 4.53. The number of carbonyl (C=O) groups is 2. The molecule has 8 nitrogen and oxygen atoms in total. The number of esters is 2. The largest absolute Gasteiger partial charge is 0.490 e. The Hall–Kier alpha value is -5.24. The standard InChI is InChI=1S/C42H46O8/c1-3-5-25-39(43)49-33(27-45-31-17-9-7-10-18-31)29-47-41-35-21-13-15-23-37(35)42(38-24-16-14-22-36(38)41)48-30-34(50-40(44)26-6-4-2)28-46-32-19-11-8-12-20-32/h7-24,33-34H,3-6,25-30H2,1-2H3. The lowest BCUT2D eigenvalue weighted by atomic mass is 10.0. The molecule has 0 N–H and O–H groups in total. The van der Waals surface area contributed by atoms with Crippen molar-refractivity contribution < 1.29 is 38.0 Å². The maximum absolute atomic E-state index is 12.7. The topological polar surface area (TPSA) is 89.5 Å². The van der Waals surface area contributed by atoms with Crippen LogP contribution in [0.15, 0.2) is 109 Å². The van der Waals surface area contributed by atoms with Crippen molar-refractivity contribution in [3.8, 4) is 23.0 Å². The number of benzene rings is 5. The lowest BCUT2D eigenvalue weighted by Gasteiger charge is -2.23. The van der Waals surface area contributed by atoms with E-state index in [0.717, 1.165) is 47.2 Å². The smallest absolute Gasteiger partial charge is 0.306 e. The zero-order chi connectivity index (χ0) is 35.0. The number of ether oxygens (including phenoxy) is 6. The van der Waals surface area contributed by atoms with Crippen LogP contribution in [0.4, 0.5) is 0 Å². The lowest BCUT2D eigenvalue weighted by Crippen LogP contribution is -2.31. The number of unbranched alkanes of at least 4 members (excludes halogenated alkanes) is 2. The van der Waals surface area contributed by atoms with Crippen molar-refractivity contribution >= 4 is 33.5 Å². The molecule has 50 heavy (non-hydrogen) atoms. The summed E-state index contributed by atoms with van der Waals surface area (Å²) in [7, 11) is 0. The molecule has 5 rings (SSSR count). The summed E-state index contributed by atoms with van der Waals surface area (Å²) >= 11 is 0. The number of para-hydroxylation sites is 2. The Balaban J connectivity index is 1.39. The first-order valence-corrected chi connectivity index (χ1v) is 17.5. The lowest BCUT2D eigenvalue weighted by molar-refractivity contribution is -0.153. The minimum atomic E-state index is -0.638. The molecule has 0 aliphatic carbocycles. The van der Waals surface area contributed by atoms with E-state index >= 15 is 0 Å². The Labute approximate surface area is 294 Å². The van der Waals surface area contributed by atoms with E-state index in [2.05, 4.69) is 0 Å². The Morgan fingerprint density at radius 1 is 0.460 bits per heavy atom. The van der Waals surface area contributed by atoms with E-state index in [-0.39, 0.29) is 38.4 Å². The van der Waals surface area contributed by atoms with Gasteiger partial charge in [0.05, 0.1) is 0 Å².